The molecule has 6 nitrogen and oxygen atoms in total. The number of aryl methyl sites for hydroxylation is 1. The predicted octanol–water partition coefficient (Wildman–Crippen LogP) is 4.71. The van der Waals surface area contributed by atoms with Gasteiger partial charge in [0.15, 0.2) is 11.5 Å². The van der Waals surface area contributed by atoms with E-state index in [9.17, 15) is 4.79 Å². The van der Waals surface area contributed by atoms with Crippen LogP contribution in [-0.2, 0) is 4.79 Å². The molecule has 1 aromatic heterocycles. The van der Waals surface area contributed by atoms with Crippen LogP contribution in [-0.4, -0.2) is 29.4 Å². The van der Waals surface area contributed by atoms with Crippen LogP contribution in [0.2, 0.25) is 0 Å². The molecule has 2 aromatic carbocycles. The number of carbonyl (C=O) groups is 1. The summed E-state index contributed by atoms with van der Waals surface area (Å²) in [5.74, 6) is 0.980. The third-order valence-corrected chi connectivity index (χ3v) is 4.51. The molecule has 154 valence electrons. The molecule has 3 rings (SSSR count). The van der Waals surface area contributed by atoms with Crippen LogP contribution in [0.15, 0.2) is 67.3 Å². The number of hydrogen-bond acceptors (Lipinski definition) is 4. The van der Waals surface area contributed by atoms with Crippen molar-refractivity contribution in [3.05, 3.63) is 84.2 Å². The van der Waals surface area contributed by atoms with Crippen LogP contribution in [0, 0.1) is 13.8 Å². The van der Waals surface area contributed by atoms with E-state index in [1.165, 1.54) is 6.08 Å². The monoisotopic (exact) mass is 403 g/mol. The smallest absolute Gasteiger partial charge is 0.248 e. The number of anilines is 1. The largest absolute Gasteiger partial charge is 0.493 e. The van der Waals surface area contributed by atoms with Gasteiger partial charge in [0.2, 0.25) is 5.91 Å². The quantitative estimate of drug-likeness (QED) is 0.437. The average Bonchev–Trinajstić information content (AvgIpc) is 3.05. The minimum absolute atomic E-state index is 0.236. The molecule has 1 N–H and O–H groups in total. The molecular formula is C24H25N3O3. The highest BCUT2D eigenvalue weighted by atomic mass is 16.5. The molecule has 0 aliphatic heterocycles. The van der Waals surface area contributed by atoms with Crippen LogP contribution in [0.25, 0.3) is 11.8 Å². The Morgan fingerprint density at radius 1 is 1.17 bits per heavy atom. The standard InChI is InChI=1S/C24H25N3O3/c1-5-15-30-21-13-11-19(16-22(21)29-4)12-14-23(28)25-24-17(2)26-27(18(24)3)20-9-7-6-8-10-20/h5-14,16H,1,15H2,2-4H3,(H,25,28)/b14-12+. The lowest BCUT2D eigenvalue weighted by Crippen LogP contribution is -2.09. The van der Waals surface area contributed by atoms with Gasteiger partial charge in [0, 0.05) is 6.08 Å². The van der Waals surface area contributed by atoms with Crippen molar-refractivity contribution in [2.75, 3.05) is 19.0 Å². The van der Waals surface area contributed by atoms with Crippen molar-refractivity contribution in [3.8, 4) is 17.2 Å². The van der Waals surface area contributed by atoms with Crippen molar-refractivity contribution in [2.24, 2.45) is 0 Å². The summed E-state index contributed by atoms with van der Waals surface area (Å²) in [5, 5.41) is 7.48. The predicted molar refractivity (Wildman–Crippen MR) is 119 cm³/mol. The Labute approximate surface area is 176 Å². The number of methoxy groups -OCH3 is 1. The number of nitrogens with one attached hydrogen (secondary N) is 1. The first kappa shape index (κ1) is 20.9. The van der Waals surface area contributed by atoms with Crippen LogP contribution < -0.4 is 14.8 Å². The zero-order chi connectivity index (χ0) is 21.5. The van der Waals surface area contributed by atoms with Gasteiger partial charge in [-0.1, -0.05) is 36.9 Å². The summed E-state index contributed by atoms with van der Waals surface area (Å²) in [7, 11) is 1.58. The molecule has 0 saturated carbocycles. The molecule has 0 bridgehead atoms. The second-order valence-electron chi connectivity index (χ2n) is 6.63. The van der Waals surface area contributed by atoms with Gasteiger partial charge in [-0.25, -0.2) is 4.68 Å². The zero-order valence-corrected chi connectivity index (χ0v) is 17.4. The van der Waals surface area contributed by atoms with Gasteiger partial charge in [-0.2, -0.15) is 5.10 Å². The van der Waals surface area contributed by atoms with Crippen molar-refractivity contribution in [3.63, 3.8) is 0 Å². The van der Waals surface area contributed by atoms with Crippen molar-refractivity contribution in [2.45, 2.75) is 13.8 Å². The van der Waals surface area contributed by atoms with E-state index in [-0.39, 0.29) is 5.91 Å². The summed E-state index contributed by atoms with van der Waals surface area (Å²) in [6, 6.07) is 15.3. The molecule has 30 heavy (non-hydrogen) atoms. The van der Waals surface area contributed by atoms with Crippen LogP contribution in [0.1, 0.15) is 17.0 Å². The number of ether oxygens (including phenoxy) is 2. The second-order valence-corrected chi connectivity index (χ2v) is 6.63. The minimum Gasteiger partial charge on any atom is -0.493 e. The van der Waals surface area contributed by atoms with Gasteiger partial charge >= 0.3 is 0 Å². The zero-order valence-electron chi connectivity index (χ0n) is 17.4. The van der Waals surface area contributed by atoms with E-state index < -0.39 is 0 Å². The SMILES string of the molecule is C=CCOc1ccc(/C=C/C(=O)Nc2c(C)nn(-c3ccccc3)c2C)cc1OC. The van der Waals surface area contributed by atoms with Gasteiger partial charge in [0.1, 0.15) is 6.61 Å². The van der Waals surface area contributed by atoms with Gasteiger partial charge in [-0.3, -0.25) is 4.79 Å². The van der Waals surface area contributed by atoms with E-state index in [1.807, 2.05) is 61.0 Å². The lowest BCUT2D eigenvalue weighted by molar-refractivity contribution is -0.111. The summed E-state index contributed by atoms with van der Waals surface area (Å²) in [5.41, 5.74) is 4.09. The molecule has 1 heterocycles. The van der Waals surface area contributed by atoms with Crippen molar-refractivity contribution >= 4 is 17.7 Å². The van der Waals surface area contributed by atoms with E-state index >= 15 is 0 Å². The molecule has 6 heteroatoms. The first-order valence-electron chi connectivity index (χ1n) is 9.56. The van der Waals surface area contributed by atoms with Gasteiger partial charge in [0.25, 0.3) is 0 Å². The molecule has 0 saturated heterocycles. The Morgan fingerprint density at radius 2 is 1.93 bits per heavy atom. The normalized spacial score (nSPS) is 10.8. The first-order valence-corrected chi connectivity index (χ1v) is 9.56. The minimum atomic E-state index is -0.236. The molecule has 3 aromatic rings. The van der Waals surface area contributed by atoms with Gasteiger partial charge in [0.05, 0.1) is 29.9 Å². The fourth-order valence-corrected chi connectivity index (χ4v) is 3.04. The number of rotatable bonds is 8. The summed E-state index contributed by atoms with van der Waals surface area (Å²) >= 11 is 0. The third kappa shape index (κ3) is 4.78. The second kappa shape index (κ2) is 9.60. The highest BCUT2D eigenvalue weighted by Crippen LogP contribution is 2.28. The molecule has 0 fully saturated rings. The van der Waals surface area contributed by atoms with Crippen molar-refractivity contribution in [1.82, 2.24) is 9.78 Å². The molecule has 0 aliphatic rings. The van der Waals surface area contributed by atoms with Gasteiger partial charge in [-0.05, 0) is 49.8 Å². The van der Waals surface area contributed by atoms with E-state index in [0.29, 0.717) is 23.8 Å². The number of hydrogen-bond donors (Lipinski definition) is 1. The molecule has 0 radical (unpaired) electrons. The van der Waals surface area contributed by atoms with Crippen molar-refractivity contribution in [1.29, 1.82) is 0 Å². The van der Waals surface area contributed by atoms with Crippen molar-refractivity contribution < 1.29 is 14.3 Å². The summed E-state index contributed by atoms with van der Waals surface area (Å²) in [4.78, 5) is 12.5. The van der Waals surface area contributed by atoms with E-state index in [0.717, 1.165) is 22.6 Å². The molecule has 0 unspecified atom stereocenters. The van der Waals surface area contributed by atoms with Crippen LogP contribution in [0.4, 0.5) is 5.69 Å². The lowest BCUT2D eigenvalue weighted by atomic mass is 10.2. The lowest BCUT2D eigenvalue weighted by Gasteiger charge is -2.09. The highest BCUT2D eigenvalue weighted by molar-refractivity contribution is 6.02. The number of benzene rings is 2. The number of para-hydroxylation sites is 1. The van der Waals surface area contributed by atoms with Gasteiger partial charge in [-0.15, -0.1) is 0 Å². The fraction of sp³-hybridized carbons (Fsp3) is 0.167. The molecule has 1 amide bonds. The van der Waals surface area contributed by atoms with E-state index in [2.05, 4.69) is 17.0 Å². The molecular weight excluding hydrogens is 378 g/mol. The fourth-order valence-electron chi connectivity index (χ4n) is 3.04. The van der Waals surface area contributed by atoms with E-state index in [4.69, 9.17) is 9.47 Å². The van der Waals surface area contributed by atoms with E-state index in [1.54, 1.807) is 25.3 Å². The maximum absolute atomic E-state index is 12.5. The number of aromatic nitrogens is 2. The maximum Gasteiger partial charge on any atom is 0.248 e. The van der Waals surface area contributed by atoms with Crippen LogP contribution in [0.5, 0.6) is 11.5 Å². The third-order valence-electron chi connectivity index (χ3n) is 4.51. The van der Waals surface area contributed by atoms with Crippen LogP contribution in [0.3, 0.4) is 0 Å². The van der Waals surface area contributed by atoms with Crippen LogP contribution >= 0.6 is 0 Å². The average molecular weight is 403 g/mol. The Kier molecular flexibility index (Phi) is 6.70. The first-order chi connectivity index (χ1) is 14.5. The number of carbonyl (C=O) groups excluding carboxylic acids is 1. The summed E-state index contributed by atoms with van der Waals surface area (Å²) in [6.07, 6.45) is 4.88. The topological polar surface area (TPSA) is 65.4 Å². The summed E-state index contributed by atoms with van der Waals surface area (Å²) in [6.45, 7) is 7.83. The number of nitrogens with zero attached hydrogens (tertiary/aromatic N) is 2. The Bertz CT molecular complexity index is 1070. The Hall–Kier alpha value is -3.80. The Balaban J connectivity index is 1.74. The maximum atomic E-state index is 12.5. The molecule has 0 aliphatic carbocycles. The molecule has 0 atom stereocenters. The Morgan fingerprint density at radius 3 is 2.63 bits per heavy atom. The molecule has 0 spiro atoms. The highest BCUT2D eigenvalue weighted by Gasteiger charge is 2.14. The van der Waals surface area contributed by atoms with Gasteiger partial charge < -0.3 is 14.8 Å². The summed E-state index contributed by atoms with van der Waals surface area (Å²) < 4.78 is 12.7. The number of amides is 1.